The number of nitrogens with one attached hydrogen (secondary N) is 3. The quantitative estimate of drug-likeness (QED) is 0.310. The van der Waals surface area contributed by atoms with E-state index in [9.17, 15) is 13.2 Å². The number of carbonyl (C=O) groups is 1. The van der Waals surface area contributed by atoms with E-state index >= 15 is 4.39 Å². The Bertz CT molecular complexity index is 1110. The predicted octanol–water partition coefficient (Wildman–Crippen LogP) is 3.72. The Morgan fingerprint density at radius 3 is 2.50 bits per heavy atom. The number of hydrazine groups is 1. The average Bonchev–Trinajstić information content (AvgIpc) is 2.73. The number of piperazine rings is 1. The van der Waals surface area contributed by atoms with Crippen molar-refractivity contribution in [3.63, 3.8) is 0 Å². The highest BCUT2D eigenvalue weighted by atomic mass is 35.5. The van der Waals surface area contributed by atoms with Crippen LogP contribution in [0.15, 0.2) is 53.4 Å². The Balaban J connectivity index is 1.80. The van der Waals surface area contributed by atoms with Crippen molar-refractivity contribution in [3.05, 3.63) is 65.2 Å². The molecule has 0 aliphatic carbocycles. The van der Waals surface area contributed by atoms with Crippen molar-refractivity contribution in [2.75, 3.05) is 6.54 Å². The van der Waals surface area contributed by atoms with Gasteiger partial charge in [0.25, 0.3) is 10.0 Å². The third-order valence-corrected chi connectivity index (χ3v) is 6.70. The molecule has 1 amide bonds. The molecule has 0 bridgehead atoms. The van der Waals surface area contributed by atoms with Gasteiger partial charge in [0.2, 0.25) is 0 Å². The van der Waals surface area contributed by atoms with Crippen LogP contribution < -0.4 is 15.6 Å². The Hall–Kier alpha value is -2.24. The molecule has 1 aliphatic heterocycles. The van der Waals surface area contributed by atoms with Crippen LogP contribution in [0.2, 0.25) is 0 Å². The van der Waals surface area contributed by atoms with Gasteiger partial charge in [-0.05, 0) is 51.0 Å². The number of sulfonamides is 1. The summed E-state index contributed by atoms with van der Waals surface area (Å²) in [7, 11) is -3.80. The molecule has 1 fully saturated rings. The van der Waals surface area contributed by atoms with Gasteiger partial charge in [0, 0.05) is 6.54 Å². The lowest BCUT2D eigenvalue weighted by Gasteiger charge is -2.41. The molecule has 3 N–H and O–H groups in total. The van der Waals surface area contributed by atoms with Crippen LogP contribution in [0.1, 0.15) is 43.5 Å². The highest BCUT2D eigenvalue weighted by Crippen LogP contribution is 2.33. The maximum atomic E-state index is 15.2. The van der Waals surface area contributed by atoms with Gasteiger partial charge in [-0.3, -0.25) is 10.2 Å². The fraction of sp³-hybridized carbons (Fsp3) is 0.435. The molecule has 0 saturated carbocycles. The lowest BCUT2D eigenvalue weighted by molar-refractivity contribution is -0.0121. The van der Waals surface area contributed by atoms with E-state index in [2.05, 4.69) is 15.6 Å². The standard InChI is InChI=1S/C23H30ClFN4O4S/c1-15-9-11-17(12-10-15)34(31,32)28-26-13-16-7-5-6-8-18(16)20-21(25)27-19(24)14-29(20)22(30)33-23(2,3)4/h5-12,19-21,26-28H,13-14H2,1-4H3. The van der Waals surface area contributed by atoms with Crippen LogP contribution in [0.5, 0.6) is 0 Å². The second-order valence-corrected chi connectivity index (χ2v) is 11.3. The van der Waals surface area contributed by atoms with Gasteiger partial charge < -0.3 is 4.74 Å². The van der Waals surface area contributed by atoms with Crippen LogP contribution in [0.4, 0.5) is 9.18 Å². The van der Waals surface area contributed by atoms with E-state index in [1.807, 2.05) is 6.92 Å². The number of aryl methyl sites for hydroxylation is 1. The molecule has 1 heterocycles. The average molecular weight is 513 g/mol. The van der Waals surface area contributed by atoms with Crippen LogP contribution in [-0.2, 0) is 21.3 Å². The Labute approximate surface area is 204 Å². The maximum Gasteiger partial charge on any atom is 0.411 e. The molecule has 11 heteroatoms. The lowest BCUT2D eigenvalue weighted by Crippen LogP contribution is -2.57. The third-order valence-electron chi connectivity index (χ3n) is 5.13. The van der Waals surface area contributed by atoms with Gasteiger partial charge >= 0.3 is 6.09 Å². The summed E-state index contributed by atoms with van der Waals surface area (Å²) in [6, 6.07) is 12.3. The van der Waals surface area contributed by atoms with Crippen LogP contribution >= 0.6 is 11.6 Å². The molecule has 34 heavy (non-hydrogen) atoms. The van der Waals surface area contributed by atoms with Crippen molar-refractivity contribution < 1.29 is 22.3 Å². The molecular weight excluding hydrogens is 483 g/mol. The van der Waals surface area contributed by atoms with Gasteiger partial charge in [-0.1, -0.05) is 42.0 Å². The van der Waals surface area contributed by atoms with Gasteiger partial charge in [-0.15, -0.1) is 16.4 Å². The van der Waals surface area contributed by atoms with E-state index < -0.39 is 39.6 Å². The van der Waals surface area contributed by atoms with Crippen LogP contribution in [0, 0.1) is 6.92 Å². The number of alkyl halides is 2. The molecule has 0 radical (unpaired) electrons. The summed E-state index contributed by atoms with van der Waals surface area (Å²) in [6.45, 7) is 7.13. The third kappa shape index (κ3) is 6.67. The monoisotopic (exact) mass is 512 g/mol. The minimum atomic E-state index is -3.80. The van der Waals surface area contributed by atoms with Crippen molar-refractivity contribution in [1.29, 1.82) is 0 Å². The molecule has 2 aromatic rings. The lowest BCUT2D eigenvalue weighted by atomic mass is 9.97. The van der Waals surface area contributed by atoms with Gasteiger partial charge in [0.05, 0.1) is 11.4 Å². The van der Waals surface area contributed by atoms with Crippen molar-refractivity contribution in [1.82, 2.24) is 20.5 Å². The second kappa shape index (κ2) is 10.6. The van der Waals surface area contributed by atoms with Crippen molar-refractivity contribution >= 4 is 27.7 Å². The van der Waals surface area contributed by atoms with E-state index in [0.29, 0.717) is 11.1 Å². The van der Waals surface area contributed by atoms with Gasteiger partial charge in [0.15, 0.2) is 6.30 Å². The fourth-order valence-corrected chi connectivity index (χ4v) is 4.72. The zero-order valence-electron chi connectivity index (χ0n) is 19.5. The molecule has 0 aromatic heterocycles. The van der Waals surface area contributed by atoms with E-state index in [1.165, 1.54) is 17.0 Å². The first kappa shape index (κ1) is 26.4. The summed E-state index contributed by atoms with van der Waals surface area (Å²) in [4.78, 5) is 16.6. The molecule has 8 nitrogen and oxygen atoms in total. The molecule has 0 spiro atoms. The maximum absolute atomic E-state index is 15.2. The Morgan fingerprint density at radius 2 is 1.85 bits per heavy atom. The van der Waals surface area contributed by atoms with E-state index in [0.717, 1.165) is 5.56 Å². The molecule has 3 rings (SSSR count). The molecule has 2 aromatic carbocycles. The number of rotatable bonds is 6. The van der Waals surface area contributed by atoms with E-state index in [1.54, 1.807) is 57.2 Å². The molecular formula is C23H30ClFN4O4S. The van der Waals surface area contributed by atoms with E-state index in [4.69, 9.17) is 16.3 Å². The summed E-state index contributed by atoms with van der Waals surface area (Å²) in [5, 5.41) is 2.63. The zero-order chi connectivity index (χ0) is 25.1. The summed E-state index contributed by atoms with van der Waals surface area (Å²) >= 11 is 6.13. The molecule has 1 aliphatic rings. The number of benzene rings is 2. The Kier molecular flexibility index (Phi) is 8.20. The smallest absolute Gasteiger partial charge is 0.411 e. The van der Waals surface area contributed by atoms with E-state index in [-0.39, 0.29) is 18.0 Å². The first-order chi connectivity index (χ1) is 15.9. The van der Waals surface area contributed by atoms with Crippen molar-refractivity contribution in [3.8, 4) is 0 Å². The van der Waals surface area contributed by atoms with Gasteiger partial charge in [-0.25, -0.2) is 23.0 Å². The Morgan fingerprint density at radius 1 is 1.21 bits per heavy atom. The highest BCUT2D eigenvalue weighted by Gasteiger charge is 2.41. The fourth-order valence-electron chi connectivity index (χ4n) is 3.58. The summed E-state index contributed by atoms with van der Waals surface area (Å²) in [5.41, 5.74) is 3.19. The van der Waals surface area contributed by atoms with Crippen molar-refractivity contribution in [2.24, 2.45) is 0 Å². The number of hydrogen-bond acceptors (Lipinski definition) is 6. The SMILES string of the molecule is Cc1ccc(S(=O)(=O)NNCc2ccccc2C2C(F)NC(Cl)CN2C(=O)OC(C)(C)C)cc1. The number of ether oxygens (including phenoxy) is 1. The second-order valence-electron chi connectivity index (χ2n) is 9.08. The minimum Gasteiger partial charge on any atom is -0.444 e. The first-order valence-electron chi connectivity index (χ1n) is 10.8. The normalized spacial score (nSPS) is 21.4. The molecule has 1 saturated heterocycles. The van der Waals surface area contributed by atoms with Crippen LogP contribution in [0.3, 0.4) is 0 Å². The summed E-state index contributed by atoms with van der Waals surface area (Å²) in [6.07, 6.45) is -2.34. The number of hydrogen-bond donors (Lipinski definition) is 3. The van der Waals surface area contributed by atoms with Crippen molar-refractivity contribution in [2.45, 2.75) is 62.6 Å². The summed E-state index contributed by atoms with van der Waals surface area (Å²) in [5.74, 6) is 0. The molecule has 3 atom stereocenters. The number of nitrogens with zero attached hydrogens (tertiary/aromatic N) is 1. The molecule has 3 unspecified atom stereocenters. The number of carbonyl (C=O) groups excluding carboxylic acids is 1. The predicted molar refractivity (Wildman–Crippen MR) is 128 cm³/mol. The topological polar surface area (TPSA) is 99.8 Å². The number of halogens is 2. The van der Waals surface area contributed by atoms with Crippen LogP contribution in [-0.4, -0.2) is 43.4 Å². The molecule has 186 valence electrons. The minimum absolute atomic E-state index is 0.0311. The van der Waals surface area contributed by atoms with Crippen LogP contribution in [0.25, 0.3) is 0 Å². The number of amides is 1. The highest BCUT2D eigenvalue weighted by molar-refractivity contribution is 7.89. The van der Waals surface area contributed by atoms with Gasteiger partial charge in [0.1, 0.15) is 17.1 Å². The first-order valence-corrected chi connectivity index (χ1v) is 12.7. The van der Waals surface area contributed by atoms with Gasteiger partial charge in [-0.2, -0.15) is 0 Å². The zero-order valence-corrected chi connectivity index (χ0v) is 21.1. The largest absolute Gasteiger partial charge is 0.444 e. The summed E-state index contributed by atoms with van der Waals surface area (Å²) < 4.78 is 45.8.